The van der Waals surface area contributed by atoms with E-state index in [1.807, 2.05) is 0 Å². The highest BCUT2D eigenvalue weighted by Gasteiger charge is 2.54. The Morgan fingerprint density at radius 1 is 0.974 bits per heavy atom. The van der Waals surface area contributed by atoms with Gasteiger partial charge in [-0.05, 0) is 62.7 Å². The summed E-state index contributed by atoms with van der Waals surface area (Å²) in [5, 5.41) is 9.14. The molecule has 1 amide bonds. The number of nitrogens with two attached hydrogens (primary N) is 2. The van der Waals surface area contributed by atoms with Gasteiger partial charge < -0.3 is 40.6 Å². The second-order valence-electron chi connectivity index (χ2n) is 12.5. The standard InChI is InChI=1S/C29H52N4O6/c1-15-26(30)27(37-4)18(13-31-15)14-32-22-10-8-19-20(12-23(22)35)21(33-16(2)34)9-7-17-11-24(36-3)28(38-5)29(39-6)25(17)19/h15,17-22,24-29,31-32H,7-14,30H2,1-6H3,(H,33,34)/p+1/t15?,17?,18?,19?,20?,21-,22?,24?,25?,26?,27?,28?,29?/m0/s1. The Hall–Kier alpha value is -1.14. The third-order valence-electron chi connectivity index (χ3n) is 10.6. The zero-order valence-electron chi connectivity index (χ0n) is 24.8. The highest BCUT2D eigenvalue weighted by Crippen LogP contribution is 2.50. The normalized spacial score (nSPS) is 45.0. The van der Waals surface area contributed by atoms with Gasteiger partial charge in [0.1, 0.15) is 17.9 Å². The molecule has 10 nitrogen and oxygen atoms in total. The Labute approximate surface area is 234 Å². The number of hydrogen-bond acceptors (Lipinski definition) is 8. The maximum absolute atomic E-state index is 13.8. The van der Waals surface area contributed by atoms with Crippen LogP contribution >= 0.6 is 0 Å². The van der Waals surface area contributed by atoms with E-state index >= 15 is 0 Å². The number of methoxy groups -OCH3 is 4. The first-order valence-electron chi connectivity index (χ1n) is 15.0. The fourth-order valence-corrected chi connectivity index (χ4v) is 8.58. The van der Waals surface area contributed by atoms with Crippen LogP contribution in [0, 0.1) is 29.6 Å². The molecule has 0 aromatic heterocycles. The van der Waals surface area contributed by atoms with Gasteiger partial charge in [0.25, 0.3) is 0 Å². The van der Waals surface area contributed by atoms with Gasteiger partial charge in [0.05, 0.1) is 36.9 Å². The quantitative estimate of drug-likeness (QED) is 0.325. The molecule has 4 fully saturated rings. The molecule has 12 unspecified atom stereocenters. The predicted octanol–water partition coefficient (Wildman–Crippen LogP) is -0.166. The molecule has 0 bridgehead atoms. The molecule has 1 heterocycles. The molecule has 4 rings (SSSR count). The van der Waals surface area contributed by atoms with E-state index in [0.717, 1.165) is 38.6 Å². The first kappa shape index (κ1) is 30.8. The smallest absolute Gasteiger partial charge is 0.217 e. The molecule has 0 aromatic rings. The lowest BCUT2D eigenvalue weighted by Gasteiger charge is -2.48. The maximum atomic E-state index is 13.8. The van der Waals surface area contributed by atoms with Crippen LogP contribution in [0.15, 0.2) is 0 Å². The van der Waals surface area contributed by atoms with E-state index in [2.05, 4.69) is 22.9 Å². The van der Waals surface area contributed by atoms with E-state index in [1.165, 1.54) is 0 Å². The van der Waals surface area contributed by atoms with Crippen LogP contribution in [0.1, 0.15) is 52.4 Å². The van der Waals surface area contributed by atoms with Crippen LogP contribution in [0.4, 0.5) is 0 Å². The average Bonchev–Trinajstić information content (AvgIpc) is 3.16. The van der Waals surface area contributed by atoms with E-state index < -0.39 is 0 Å². The van der Waals surface area contributed by atoms with E-state index in [4.69, 9.17) is 24.7 Å². The van der Waals surface area contributed by atoms with Gasteiger partial charge in [0, 0.05) is 60.3 Å². The van der Waals surface area contributed by atoms with Crippen LogP contribution < -0.4 is 21.7 Å². The summed E-state index contributed by atoms with van der Waals surface area (Å²) in [6.07, 6.45) is 4.53. The predicted molar refractivity (Wildman–Crippen MR) is 147 cm³/mol. The zero-order valence-corrected chi connectivity index (χ0v) is 24.8. The van der Waals surface area contributed by atoms with Crippen LogP contribution in [-0.2, 0) is 28.5 Å². The largest absolute Gasteiger partial charge is 0.379 e. The number of carbonyl (C=O) groups is 2. The molecule has 1 saturated heterocycles. The van der Waals surface area contributed by atoms with Crippen molar-refractivity contribution in [3.8, 4) is 0 Å². The lowest BCUT2D eigenvalue weighted by Crippen LogP contribution is -2.98. The molecule has 0 aromatic carbocycles. The Balaban J connectivity index is 1.55. The Kier molecular flexibility index (Phi) is 10.8. The zero-order chi connectivity index (χ0) is 28.3. The van der Waals surface area contributed by atoms with Crippen molar-refractivity contribution in [2.75, 3.05) is 41.5 Å². The molecular weight excluding hydrogens is 500 g/mol. The summed E-state index contributed by atoms with van der Waals surface area (Å²) in [7, 11) is 6.98. The van der Waals surface area contributed by atoms with Gasteiger partial charge in [-0.3, -0.25) is 9.59 Å². The first-order chi connectivity index (χ1) is 18.7. The van der Waals surface area contributed by atoms with E-state index in [-0.39, 0.29) is 77.9 Å². The van der Waals surface area contributed by atoms with Gasteiger partial charge in [-0.2, -0.15) is 0 Å². The number of hydrogen-bond donors (Lipinski definition) is 4. The first-order valence-corrected chi connectivity index (χ1v) is 15.0. The summed E-state index contributed by atoms with van der Waals surface area (Å²) in [6, 6.07) is 0.0418. The van der Waals surface area contributed by atoms with E-state index in [1.54, 1.807) is 35.4 Å². The molecule has 1 aliphatic heterocycles. The molecule has 6 N–H and O–H groups in total. The number of amides is 1. The fraction of sp³-hybridized carbons (Fsp3) is 0.931. The Bertz CT molecular complexity index is 832. The highest BCUT2D eigenvalue weighted by atomic mass is 16.6. The number of Topliss-reactive ketones (excluding diaryl/α,β-unsaturated/α-hetero) is 1. The second kappa shape index (κ2) is 13.7. The van der Waals surface area contributed by atoms with E-state index in [0.29, 0.717) is 24.9 Å². The minimum Gasteiger partial charge on any atom is -0.379 e. The van der Waals surface area contributed by atoms with Crippen molar-refractivity contribution in [2.45, 2.75) is 101 Å². The van der Waals surface area contributed by atoms with Gasteiger partial charge in [0.2, 0.25) is 5.91 Å². The summed E-state index contributed by atoms with van der Waals surface area (Å²) >= 11 is 0. The van der Waals surface area contributed by atoms with Gasteiger partial charge in [-0.25, -0.2) is 0 Å². The molecule has 3 saturated carbocycles. The lowest BCUT2D eigenvalue weighted by atomic mass is 9.64. The fourth-order valence-electron chi connectivity index (χ4n) is 8.58. The number of piperidine rings is 1. The Morgan fingerprint density at radius 3 is 2.33 bits per heavy atom. The molecule has 224 valence electrons. The summed E-state index contributed by atoms with van der Waals surface area (Å²) in [4.78, 5) is 26.0. The monoisotopic (exact) mass is 553 g/mol. The van der Waals surface area contributed by atoms with Gasteiger partial charge >= 0.3 is 0 Å². The number of fused-ring (bicyclic) bond motifs is 3. The summed E-state index contributed by atoms with van der Waals surface area (Å²) < 4.78 is 23.8. The summed E-state index contributed by atoms with van der Waals surface area (Å²) in [6.45, 7) is 5.34. The minimum absolute atomic E-state index is 0.0226. The molecule has 13 atom stereocenters. The van der Waals surface area contributed by atoms with Gasteiger partial charge in [-0.1, -0.05) is 0 Å². The summed E-state index contributed by atoms with van der Waals surface area (Å²) in [5.74, 6) is 1.39. The van der Waals surface area contributed by atoms with Crippen molar-refractivity contribution < 1.29 is 33.9 Å². The van der Waals surface area contributed by atoms with Crippen LogP contribution in [0.2, 0.25) is 0 Å². The SMILES string of the molecule is COC1CC2CC[C@H](NC(C)=O)C3CC(=O)C(NCC4C[NH2+]C(C)C(N)C4OC)CCC3C2C(OC)C1OC. The third kappa shape index (κ3) is 6.52. The Morgan fingerprint density at radius 2 is 1.69 bits per heavy atom. The number of nitrogens with one attached hydrogen (secondary N) is 2. The number of rotatable bonds is 8. The van der Waals surface area contributed by atoms with Crippen LogP contribution in [0.25, 0.3) is 0 Å². The third-order valence-corrected chi connectivity index (χ3v) is 10.6. The molecule has 0 spiro atoms. The van der Waals surface area contributed by atoms with Crippen molar-refractivity contribution in [1.29, 1.82) is 0 Å². The average molecular weight is 554 g/mol. The van der Waals surface area contributed by atoms with Crippen molar-refractivity contribution in [1.82, 2.24) is 10.6 Å². The van der Waals surface area contributed by atoms with Gasteiger partial charge in [0.15, 0.2) is 0 Å². The number of quaternary nitrogens is 1. The van der Waals surface area contributed by atoms with Crippen molar-refractivity contribution in [3.63, 3.8) is 0 Å². The van der Waals surface area contributed by atoms with Crippen LogP contribution in [-0.4, -0.2) is 102 Å². The topological polar surface area (TPSA) is 138 Å². The second-order valence-corrected chi connectivity index (χ2v) is 12.5. The molecule has 4 aliphatic rings. The van der Waals surface area contributed by atoms with Crippen LogP contribution in [0.3, 0.4) is 0 Å². The lowest BCUT2D eigenvalue weighted by molar-refractivity contribution is -0.705. The number of ketones is 1. The van der Waals surface area contributed by atoms with Crippen LogP contribution in [0.5, 0.6) is 0 Å². The summed E-state index contributed by atoms with van der Waals surface area (Å²) in [5.41, 5.74) is 6.45. The molecule has 3 aliphatic carbocycles. The minimum atomic E-state index is -0.212. The van der Waals surface area contributed by atoms with Crippen molar-refractivity contribution in [3.05, 3.63) is 0 Å². The molecule has 39 heavy (non-hydrogen) atoms. The van der Waals surface area contributed by atoms with Crippen molar-refractivity contribution in [2.24, 2.45) is 35.3 Å². The molecular formula is C29H53N4O6+. The number of carbonyl (C=O) groups excluding carboxylic acids is 2. The van der Waals surface area contributed by atoms with Crippen molar-refractivity contribution >= 4 is 11.7 Å². The molecule has 0 radical (unpaired) electrons. The number of ether oxygens (including phenoxy) is 4. The molecule has 10 heteroatoms. The highest BCUT2D eigenvalue weighted by molar-refractivity contribution is 5.84. The van der Waals surface area contributed by atoms with Gasteiger partial charge in [-0.15, -0.1) is 0 Å². The van der Waals surface area contributed by atoms with E-state index in [9.17, 15) is 9.59 Å². The maximum Gasteiger partial charge on any atom is 0.217 e.